The number of aryl methyl sites for hydroxylation is 1. The molecular formula is C17H18N2O2. The van der Waals surface area contributed by atoms with Gasteiger partial charge in [0.1, 0.15) is 5.56 Å². The Kier molecular flexibility index (Phi) is 3.37. The predicted molar refractivity (Wildman–Crippen MR) is 81.2 cm³/mol. The van der Waals surface area contributed by atoms with Crippen molar-refractivity contribution in [3.8, 4) is 0 Å². The summed E-state index contributed by atoms with van der Waals surface area (Å²) in [5.41, 5.74) is 1.36. The minimum atomic E-state index is -0.338. The summed E-state index contributed by atoms with van der Waals surface area (Å²) >= 11 is 0. The van der Waals surface area contributed by atoms with Crippen LogP contribution in [0.25, 0.3) is 0 Å². The molecule has 2 N–H and O–H groups in total. The van der Waals surface area contributed by atoms with E-state index in [0.29, 0.717) is 0 Å². The maximum Gasteiger partial charge on any atom is 0.260 e. The Balaban J connectivity index is 1.88. The molecule has 0 atom stereocenters. The third kappa shape index (κ3) is 2.49. The summed E-state index contributed by atoms with van der Waals surface area (Å²) in [5, 5.41) is 3.06. The van der Waals surface area contributed by atoms with E-state index in [2.05, 4.69) is 10.3 Å². The van der Waals surface area contributed by atoms with Gasteiger partial charge in [0.05, 0.1) is 5.54 Å². The minimum absolute atomic E-state index is 0.169. The molecule has 1 aliphatic carbocycles. The second-order valence-corrected chi connectivity index (χ2v) is 5.64. The van der Waals surface area contributed by atoms with Gasteiger partial charge in [-0.3, -0.25) is 9.59 Å². The molecule has 1 heterocycles. The smallest absolute Gasteiger partial charge is 0.260 e. The fraction of sp³-hybridized carbons (Fsp3) is 0.294. The molecule has 3 rings (SSSR count). The van der Waals surface area contributed by atoms with Crippen LogP contribution in [0.15, 0.2) is 47.3 Å². The van der Waals surface area contributed by atoms with Crippen molar-refractivity contribution in [3.63, 3.8) is 0 Å². The topological polar surface area (TPSA) is 62.0 Å². The molecule has 108 valence electrons. The fourth-order valence-corrected chi connectivity index (χ4v) is 2.81. The lowest BCUT2D eigenvalue weighted by Crippen LogP contribution is -2.51. The summed E-state index contributed by atoms with van der Waals surface area (Å²) in [5.74, 6) is -0.306. The van der Waals surface area contributed by atoms with Gasteiger partial charge < -0.3 is 10.3 Å². The van der Waals surface area contributed by atoms with Gasteiger partial charge in [-0.05, 0) is 43.9 Å². The Bertz CT molecular complexity index is 715. The molecule has 0 aliphatic heterocycles. The first kappa shape index (κ1) is 13.6. The van der Waals surface area contributed by atoms with Crippen LogP contribution in [-0.4, -0.2) is 10.9 Å². The molecule has 1 amide bonds. The molecule has 2 aromatic rings. The van der Waals surface area contributed by atoms with Gasteiger partial charge in [-0.2, -0.15) is 0 Å². The molecule has 0 bridgehead atoms. The van der Waals surface area contributed by atoms with Crippen LogP contribution in [0.4, 0.5) is 0 Å². The number of hydrogen-bond donors (Lipinski definition) is 2. The highest BCUT2D eigenvalue weighted by atomic mass is 16.2. The summed E-state index contributed by atoms with van der Waals surface area (Å²) in [6, 6.07) is 13.3. The third-order valence-corrected chi connectivity index (χ3v) is 4.19. The highest BCUT2D eigenvalue weighted by Gasteiger charge is 2.40. The van der Waals surface area contributed by atoms with Crippen LogP contribution in [0.1, 0.15) is 40.9 Å². The summed E-state index contributed by atoms with van der Waals surface area (Å²) in [6.07, 6.45) is 2.90. The van der Waals surface area contributed by atoms with Crippen LogP contribution < -0.4 is 10.9 Å². The molecule has 0 unspecified atom stereocenters. The Hall–Kier alpha value is -2.36. The number of aromatic nitrogens is 1. The molecule has 0 radical (unpaired) electrons. The van der Waals surface area contributed by atoms with Crippen molar-refractivity contribution in [2.75, 3.05) is 0 Å². The van der Waals surface area contributed by atoms with Gasteiger partial charge in [-0.15, -0.1) is 0 Å². The van der Waals surface area contributed by atoms with E-state index in [9.17, 15) is 9.59 Å². The highest BCUT2D eigenvalue weighted by Crippen LogP contribution is 2.41. The van der Waals surface area contributed by atoms with Crippen LogP contribution in [-0.2, 0) is 5.54 Å². The molecule has 1 fully saturated rings. The van der Waals surface area contributed by atoms with E-state index in [0.717, 1.165) is 30.5 Å². The summed E-state index contributed by atoms with van der Waals surface area (Å²) in [6.45, 7) is 1.79. The van der Waals surface area contributed by atoms with E-state index in [1.165, 1.54) is 0 Å². The van der Waals surface area contributed by atoms with Crippen LogP contribution in [0, 0.1) is 6.92 Å². The predicted octanol–water partition coefficient (Wildman–Crippen LogP) is 2.49. The second-order valence-electron chi connectivity index (χ2n) is 5.64. The molecule has 0 spiro atoms. The van der Waals surface area contributed by atoms with Crippen molar-refractivity contribution >= 4 is 5.91 Å². The zero-order chi connectivity index (χ0) is 14.9. The van der Waals surface area contributed by atoms with Gasteiger partial charge in [-0.25, -0.2) is 0 Å². The maximum atomic E-state index is 12.4. The van der Waals surface area contributed by atoms with E-state index in [-0.39, 0.29) is 22.6 Å². The number of pyridine rings is 1. The lowest BCUT2D eigenvalue weighted by atomic mass is 9.71. The van der Waals surface area contributed by atoms with Crippen molar-refractivity contribution in [3.05, 3.63) is 69.6 Å². The number of carbonyl (C=O) groups is 1. The Morgan fingerprint density at radius 3 is 2.43 bits per heavy atom. The summed E-state index contributed by atoms with van der Waals surface area (Å²) in [4.78, 5) is 27.0. The van der Waals surface area contributed by atoms with E-state index >= 15 is 0 Å². The minimum Gasteiger partial charge on any atom is -0.342 e. The monoisotopic (exact) mass is 282 g/mol. The number of nitrogens with one attached hydrogen (secondary N) is 2. The Morgan fingerprint density at radius 1 is 1.14 bits per heavy atom. The first-order chi connectivity index (χ1) is 10.1. The van der Waals surface area contributed by atoms with Gasteiger partial charge in [-0.1, -0.05) is 30.3 Å². The Labute approximate surface area is 123 Å². The highest BCUT2D eigenvalue weighted by molar-refractivity contribution is 5.94. The molecule has 0 saturated heterocycles. The van der Waals surface area contributed by atoms with Crippen molar-refractivity contribution in [1.29, 1.82) is 0 Å². The van der Waals surface area contributed by atoms with E-state index < -0.39 is 0 Å². The quantitative estimate of drug-likeness (QED) is 0.908. The number of benzene rings is 1. The van der Waals surface area contributed by atoms with Crippen molar-refractivity contribution in [1.82, 2.24) is 10.3 Å². The average Bonchev–Trinajstić information content (AvgIpc) is 2.43. The average molecular weight is 282 g/mol. The third-order valence-electron chi connectivity index (χ3n) is 4.19. The lowest BCUT2D eigenvalue weighted by molar-refractivity contribution is 0.0821. The molecule has 1 aromatic heterocycles. The number of aromatic amines is 1. The molecule has 21 heavy (non-hydrogen) atoms. The van der Waals surface area contributed by atoms with Crippen molar-refractivity contribution in [2.24, 2.45) is 0 Å². The molecule has 1 aromatic carbocycles. The zero-order valence-corrected chi connectivity index (χ0v) is 12.0. The Morgan fingerprint density at radius 2 is 1.86 bits per heavy atom. The van der Waals surface area contributed by atoms with Gasteiger partial charge >= 0.3 is 0 Å². The number of hydrogen-bond acceptors (Lipinski definition) is 2. The molecule has 4 heteroatoms. The second kappa shape index (κ2) is 5.20. The first-order valence-corrected chi connectivity index (χ1v) is 7.19. The molecule has 4 nitrogen and oxygen atoms in total. The first-order valence-electron chi connectivity index (χ1n) is 7.19. The standard InChI is InChI=1S/C17H18N2O2/c1-12-8-9-14(15(20)18-12)16(21)19-17(10-5-11-17)13-6-3-2-4-7-13/h2-4,6-9H,5,10-11H2,1H3,(H,18,20)(H,19,21). The van der Waals surface area contributed by atoms with E-state index in [1.807, 2.05) is 30.3 Å². The van der Waals surface area contributed by atoms with Crippen molar-refractivity contribution in [2.45, 2.75) is 31.7 Å². The van der Waals surface area contributed by atoms with Crippen LogP contribution >= 0.6 is 0 Å². The van der Waals surface area contributed by atoms with Crippen molar-refractivity contribution < 1.29 is 4.79 Å². The van der Waals surface area contributed by atoms with E-state index in [1.54, 1.807) is 19.1 Å². The number of carbonyl (C=O) groups excluding carboxylic acids is 1. The van der Waals surface area contributed by atoms with Crippen LogP contribution in [0.3, 0.4) is 0 Å². The SMILES string of the molecule is Cc1ccc(C(=O)NC2(c3ccccc3)CCC2)c(=O)[nH]1. The van der Waals surface area contributed by atoms with E-state index in [4.69, 9.17) is 0 Å². The van der Waals surface area contributed by atoms with Crippen LogP contribution in [0.2, 0.25) is 0 Å². The fourth-order valence-electron chi connectivity index (χ4n) is 2.81. The normalized spacial score (nSPS) is 16.0. The number of amides is 1. The zero-order valence-electron chi connectivity index (χ0n) is 12.0. The number of rotatable bonds is 3. The molecule has 1 aliphatic rings. The summed E-state index contributed by atoms with van der Waals surface area (Å²) < 4.78 is 0. The number of H-pyrrole nitrogens is 1. The molecular weight excluding hydrogens is 264 g/mol. The van der Waals surface area contributed by atoms with Gasteiger partial charge in [0.2, 0.25) is 0 Å². The van der Waals surface area contributed by atoms with Gasteiger partial charge in [0.15, 0.2) is 0 Å². The van der Waals surface area contributed by atoms with Gasteiger partial charge in [0, 0.05) is 5.69 Å². The summed E-state index contributed by atoms with van der Waals surface area (Å²) in [7, 11) is 0. The van der Waals surface area contributed by atoms with Crippen LogP contribution in [0.5, 0.6) is 0 Å². The lowest BCUT2D eigenvalue weighted by Gasteiger charge is -2.43. The largest absolute Gasteiger partial charge is 0.342 e. The van der Waals surface area contributed by atoms with Gasteiger partial charge in [0.25, 0.3) is 11.5 Å². The maximum absolute atomic E-state index is 12.4. The molecule has 1 saturated carbocycles.